The topological polar surface area (TPSA) is 36.4 Å². The maximum absolute atomic E-state index is 4.97. The van der Waals surface area contributed by atoms with Gasteiger partial charge in [0.25, 0.3) is 0 Å². The molecule has 0 spiro atoms. The lowest BCUT2D eigenvalue weighted by molar-refractivity contribution is 0.484. The maximum Gasteiger partial charge on any atom is 0.186 e. The molecule has 0 amide bonds. The van der Waals surface area contributed by atoms with E-state index in [9.17, 15) is 0 Å². The van der Waals surface area contributed by atoms with Crippen LogP contribution in [0.4, 0.5) is 0 Å². The molecule has 0 saturated heterocycles. The van der Waals surface area contributed by atoms with Crippen LogP contribution in [0.15, 0.2) is 5.10 Å². The standard InChI is InChI=1S/C10H19N3S/c1-7-5-4-6-8(2)9(7)12-13-10(14)11-3/h7-8H,4-6H2,1-3H3,(H2,11,13,14)/t7-,8-/m0/s1. The van der Waals surface area contributed by atoms with Gasteiger partial charge in [0.1, 0.15) is 0 Å². The minimum atomic E-state index is 0.586. The number of hydrogen-bond acceptors (Lipinski definition) is 2. The molecule has 3 nitrogen and oxygen atoms in total. The molecule has 1 saturated carbocycles. The smallest absolute Gasteiger partial charge is 0.186 e. The van der Waals surface area contributed by atoms with Crippen molar-refractivity contribution in [2.24, 2.45) is 16.9 Å². The number of thiocarbonyl (C=S) groups is 1. The molecule has 0 aromatic carbocycles. The van der Waals surface area contributed by atoms with Gasteiger partial charge in [-0.2, -0.15) is 5.10 Å². The van der Waals surface area contributed by atoms with Crippen molar-refractivity contribution in [3.05, 3.63) is 0 Å². The van der Waals surface area contributed by atoms with Crippen LogP contribution in [0.5, 0.6) is 0 Å². The van der Waals surface area contributed by atoms with E-state index in [4.69, 9.17) is 12.2 Å². The average molecular weight is 213 g/mol. The maximum atomic E-state index is 4.97. The number of nitrogens with one attached hydrogen (secondary N) is 2. The minimum Gasteiger partial charge on any atom is -0.364 e. The Balaban J connectivity index is 2.58. The van der Waals surface area contributed by atoms with E-state index >= 15 is 0 Å². The van der Waals surface area contributed by atoms with Crippen molar-refractivity contribution >= 4 is 23.0 Å². The van der Waals surface area contributed by atoms with Crippen molar-refractivity contribution in [3.63, 3.8) is 0 Å². The van der Waals surface area contributed by atoms with Gasteiger partial charge >= 0.3 is 0 Å². The molecule has 1 aliphatic rings. The molecule has 80 valence electrons. The predicted molar refractivity (Wildman–Crippen MR) is 64.4 cm³/mol. The quantitative estimate of drug-likeness (QED) is 0.516. The first-order valence-electron chi connectivity index (χ1n) is 5.20. The predicted octanol–water partition coefficient (Wildman–Crippen LogP) is 1.89. The minimum absolute atomic E-state index is 0.586. The Kier molecular flexibility index (Phi) is 4.32. The number of nitrogens with zero attached hydrogens (tertiary/aromatic N) is 1. The summed E-state index contributed by atoms with van der Waals surface area (Å²) in [4.78, 5) is 0. The molecule has 0 unspecified atom stereocenters. The van der Waals surface area contributed by atoms with Crippen LogP contribution in [0, 0.1) is 11.8 Å². The van der Waals surface area contributed by atoms with Gasteiger partial charge in [-0.3, -0.25) is 5.43 Å². The molecule has 0 aromatic rings. The highest BCUT2D eigenvalue weighted by Crippen LogP contribution is 2.25. The Morgan fingerprint density at radius 2 is 1.93 bits per heavy atom. The molecule has 1 fully saturated rings. The van der Waals surface area contributed by atoms with E-state index in [1.807, 2.05) is 0 Å². The molecule has 4 heteroatoms. The summed E-state index contributed by atoms with van der Waals surface area (Å²) in [6.07, 6.45) is 3.81. The highest BCUT2D eigenvalue weighted by Gasteiger charge is 2.22. The number of rotatable bonds is 1. The van der Waals surface area contributed by atoms with Crippen LogP contribution in [0.2, 0.25) is 0 Å². The first-order valence-corrected chi connectivity index (χ1v) is 5.61. The van der Waals surface area contributed by atoms with Crippen LogP contribution in [0.3, 0.4) is 0 Å². The Hall–Kier alpha value is -0.640. The van der Waals surface area contributed by atoms with Crippen molar-refractivity contribution in [1.29, 1.82) is 0 Å². The van der Waals surface area contributed by atoms with Crippen molar-refractivity contribution in [3.8, 4) is 0 Å². The third kappa shape index (κ3) is 2.94. The van der Waals surface area contributed by atoms with E-state index in [0.29, 0.717) is 16.9 Å². The SMILES string of the molecule is CNC(=S)NN=C1[C@@H](C)CCC[C@@H]1C. The fraction of sp³-hybridized carbons (Fsp3) is 0.800. The van der Waals surface area contributed by atoms with Gasteiger partial charge in [-0.15, -0.1) is 0 Å². The second-order valence-corrected chi connectivity index (χ2v) is 4.37. The molecule has 1 aliphatic carbocycles. The molecule has 0 heterocycles. The Bertz CT molecular complexity index is 226. The zero-order chi connectivity index (χ0) is 10.6. The second-order valence-electron chi connectivity index (χ2n) is 3.96. The third-order valence-electron chi connectivity index (χ3n) is 2.80. The summed E-state index contributed by atoms with van der Waals surface area (Å²) < 4.78 is 0. The Morgan fingerprint density at radius 1 is 1.36 bits per heavy atom. The van der Waals surface area contributed by atoms with E-state index in [1.165, 1.54) is 25.0 Å². The number of hydrazone groups is 1. The van der Waals surface area contributed by atoms with Gasteiger partial charge in [-0.1, -0.05) is 20.3 Å². The third-order valence-corrected chi connectivity index (χ3v) is 3.09. The molecule has 2 N–H and O–H groups in total. The van der Waals surface area contributed by atoms with Gasteiger partial charge in [0, 0.05) is 12.8 Å². The van der Waals surface area contributed by atoms with Crippen LogP contribution in [-0.4, -0.2) is 17.9 Å². The van der Waals surface area contributed by atoms with Crippen molar-refractivity contribution < 1.29 is 0 Å². The Labute approximate surface area is 91.3 Å². The summed E-state index contributed by atoms with van der Waals surface area (Å²) in [6, 6.07) is 0. The van der Waals surface area contributed by atoms with Crippen molar-refractivity contribution in [2.45, 2.75) is 33.1 Å². The van der Waals surface area contributed by atoms with Gasteiger partial charge < -0.3 is 5.32 Å². The summed E-state index contributed by atoms with van der Waals surface area (Å²) in [7, 11) is 1.79. The van der Waals surface area contributed by atoms with Crippen LogP contribution in [0.25, 0.3) is 0 Å². The lowest BCUT2D eigenvalue weighted by Gasteiger charge is -2.26. The average Bonchev–Trinajstić information content (AvgIpc) is 2.16. The lowest BCUT2D eigenvalue weighted by atomic mass is 9.81. The normalized spacial score (nSPS) is 26.9. The highest BCUT2D eigenvalue weighted by molar-refractivity contribution is 7.80. The van der Waals surface area contributed by atoms with Crippen LogP contribution >= 0.6 is 12.2 Å². The van der Waals surface area contributed by atoms with Crippen molar-refractivity contribution in [2.75, 3.05) is 7.05 Å². The van der Waals surface area contributed by atoms with E-state index in [0.717, 1.165) is 0 Å². The molecular weight excluding hydrogens is 194 g/mol. The summed E-state index contributed by atoms with van der Waals surface area (Å²) in [5.74, 6) is 1.18. The molecule has 1 rings (SSSR count). The van der Waals surface area contributed by atoms with Gasteiger partial charge in [0.05, 0.1) is 0 Å². The zero-order valence-corrected chi connectivity index (χ0v) is 9.95. The molecular formula is C10H19N3S. The summed E-state index contributed by atoms with van der Waals surface area (Å²) >= 11 is 4.97. The van der Waals surface area contributed by atoms with E-state index in [1.54, 1.807) is 7.05 Å². The lowest BCUT2D eigenvalue weighted by Crippen LogP contribution is -2.33. The fourth-order valence-corrected chi connectivity index (χ4v) is 1.95. The molecule has 2 atom stereocenters. The van der Waals surface area contributed by atoms with E-state index < -0.39 is 0 Å². The van der Waals surface area contributed by atoms with E-state index in [2.05, 4.69) is 29.7 Å². The molecule has 0 bridgehead atoms. The Morgan fingerprint density at radius 3 is 2.43 bits per heavy atom. The fourth-order valence-electron chi connectivity index (χ4n) is 1.90. The van der Waals surface area contributed by atoms with Crippen LogP contribution in [-0.2, 0) is 0 Å². The van der Waals surface area contributed by atoms with Gasteiger partial charge in [-0.05, 0) is 36.9 Å². The highest BCUT2D eigenvalue weighted by atomic mass is 32.1. The first kappa shape index (κ1) is 11.4. The van der Waals surface area contributed by atoms with Crippen molar-refractivity contribution in [1.82, 2.24) is 10.7 Å². The summed E-state index contributed by atoms with van der Waals surface area (Å²) in [5, 5.41) is 7.81. The second kappa shape index (κ2) is 5.29. The number of hydrogen-bond donors (Lipinski definition) is 2. The molecule has 0 aromatic heterocycles. The molecule has 14 heavy (non-hydrogen) atoms. The van der Waals surface area contributed by atoms with Gasteiger partial charge in [0.15, 0.2) is 5.11 Å². The van der Waals surface area contributed by atoms with Crippen LogP contribution < -0.4 is 10.7 Å². The first-order chi connectivity index (χ1) is 6.65. The summed E-state index contributed by atoms with van der Waals surface area (Å²) in [6.45, 7) is 4.47. The van der Waals surface area contributed by atoms with Gasteiger partial charge in [0.2, 0.25) is 0 Å². The van der Waals surface area contributed by atoms with E-state index in [-0.39, 0.29) is 0 Å². The monoisotopic (exact) mass is 213 g/mol. The van der Waals surface area contributed by atoms with Gasteiger partial charge in [-0.25, -0.2) is 0 Å². The van der Waals surface area contributed by atoms with Crippen LogP contribution in [0.1, 0.15) is 33.1 Å². The molecule has 0 aliphatic heterocycles. The molecule has 0 radical (unpaired) electrons. The zero-order valence-electron chi connectivity index (χ0n) is 9.13. The largest absolute Gasteiger partial charge is 0.364 e. The summed E-state index contributed by atoms with van der Waals surface area (Å²) in [5.41, 5.74) is 4.13.